The fourth-order valence-electron chi connectivity index (χ4n) is 1.33. The molecule has 2 rings (SSSR count). The quantitative estimate of drug-likeness (QED) is 0.791. The molecule has 15 heavy (non-hydrogen) atoms. The van der Waals surface area contributed by atoms with Gasteiger partial charge in [0, 0.05) is 30.8 Å². The van der Waals surface area contributed by atoms with Crippen molar-refractivity contribution in [2.45, 2.75) is 19.4 Å². The average molecular weight is 203 g/mol. The highest BCUT2D eigenvalue weighted by Crippen LogP contribution is 2.02. The number of nitrogens with two attached hydrogens (primary N) is 1. The van der Waals surface area contributed by atoms with E-state index in [0.717, 1.165) is 12.0 Å². The maximum absolute atomic E-state index is 5.68. The van der Waals surface area contributed by atoms with Crippen LogP contribution in [0.15, 0.2) is 30.9 Å². The maximum Gasteiger partial charge on any atom is 0.250 e. The first kappa shape index (κ1) is 9.79. The Balaban J connectivity index is 2.17. The molecule has 0 saturated heterocycles. The Bertz CT molecular complexity index is 404. The number of nitrogens with zero attached hydrogens (tertiary/aromatic N) is 4. The molecule has 5 heteroatoms. The fraction of sp³-hybridized carbons (Fsp3) is 0.300. The predicted molar refractivity (Wildman–Crippen MR) is 56.5 cm³/mol. The molecule has 0 radical (unpaired) electrons. The van der Waals surface area contributed by atoms with Gasteiger partial charge in [0.25, 0.3) is 0 Å². The molecule has 0 aromatic carbocycles. The monoisotopic (exact) mass is 203 g/mol. The van der Waals surface area contributed by atoms with Crippen LogP contribution >= 0.6 is 0 Å². The third-order valence-electron chi connectivity index (χ3n) is 1.96. The van der Waals surface area contributed by atoms with Crippen molar-refractivity contribution in [1.82, 2.24) is 19.7 Å². The largest absolute Gasteiger partial charge is 0.328 e. The summed E-state index contributed by atoms with van der Waals surface area (Å²) in [5, 5.41) is 4.04. The zero-order valence-electron chi connectivity index (χ0n) is 8.54. The highest BCUT2D eigenvalue weighted by Gasteiger charge is 2.01. The predicted octanol–water partition coefficient (Wildman–Crippen LogP) is 0.552. The summed E-state index contributed by atoms with van der Waals surface area (Å²) in [6.07, 6.45) is 7.86. The Hall–Kier alpha value is -1.75. The number of hydrogen-bond acceptors (Lipinski definition) is 4. The summed E-state index contributed by atoms with van der Waals surface area (Å²) < 4.78 is 1.62. The van der Waals surface area contributed by atoms with Gasteiger partial charge in [0.15, 0.2) is 0 Å². The zero-order valence-corrected chi connectivity index (χ0v) is 8.54. The van der Waals surface area contributed by atoms with E-state index in [4.69, 9.17) is 5.73 Å². The molecule has 5 nitrogen and oxygen atoms in total. The molecule has 0 amide bonds. The van der Waals surface area contributed by atoms with Crippen molar-refractivity contribution in [2.75, 3.05) is 0 Å². The first-order chi connectivity index (χ1) is 7.25. The van der Waals surface area contributed by atoms with Crippen LogP contribution in [-0.2, 0) is 6.42 Å². The molecule has 0 spiro atoms. The summed E-state index contributed by atoms with van der Waals surface area (Å²) in [6.45, 7) is 1.96. The second-order valence-corrected chi connectivity index (χ2v) is 3.52. The molecule has 2 aromatic rings. The lowest BCUT2D eigenvalue weighted by Crippen LogP contribution is -2.18. The van der Waals surface area contributed by atoms with Gasteiger partial charge in [0.05, 0.1) is 0 Å². The van der Waals surface area contributed by atoms with Crippen molar-refractivity contribution in [3.8, 4) is 5.95 Å². The van der Waals surface area contributed by atoms with Crippen LogP contribution in [0, 0.1) is 0 Å². The van der Waals surface area contributed by atoms with Crippen molar-refractivity contribution < 1.29 is 0 Å². The van der Waals surface area contributed by atoms with Crippen LogP contribution in [0.5, 0.6) is 0 Å². The molecule has 1 atom stereocenters. The standard InChI is InChI=1S/C10H13N5/c1-8(11)5-9-6-12-10(13-7-9)15-4-2-3-14-15/h2-4,6-8H,5,11H2,1H3. The number of hydrogen-bond donors (Lipinski definition) is 1. The summed E-state index contributed by atoms with van der Waals surface area (Å²) in [5.74, 6) is 0.577. The van der Waals surface area contributed by atoms with E-state index >= 15 is 0 Å². The van der Waals surface area contributed by atoms with Crippen molar-refractivity contribution in [3.63, 3.8) is 0 Å². The van der Waals surface area contributed by atoms with Crippen LogP contribution < -0.4 is 5.73 Å². The van der Waals surface area contributed by atoms with Gasteiger partial charge in [-0.25, -0.2) is 14.6 Å². The van der Waals surface area contributed by atoms with Crippen LogP contribution in [0.4, 0.5) is 0 Å². The molecule has 1 unspecified atom stereocenters. The first-order valence-electron chi connectivity index (χ1n) is 4.82. The Labute approximate surface area is 88.0 Å². The molecule has 2 heterocycles. The summed E-state index contributed by atoms with van der Waals surface area (Å²) in [4.78, 5) is 8.42. The summed E-state index contributed by atoms with van der Waals surface area (Å²) >= 11 is 0. The minimum Gasteiger partial charge on any atom is -0.328 e. The van der Waals surface area contributed by atoms with Gasteiger partial charge in [-0.05, 0) is 25.0 Å². The van der Waals surface area contributed by atoms with Gasteiger partial charge >= 0.3 is 0 Å². The fourth-order valence-corrected chi connectivity index (χ4v) is 1.33. The third kappa shape index (κ3) is 2.38. The van der Waals surface area contributed by atoms with Gasteiger partial charge in [-0.15, -0.1) is 0 Å². The summed E-state index contributed by atoms with van der Waals surface area (Å²) in [6, 6.07) is 1.96. The Kier molecular flexibility index (Phi) is 2.73. The smallest absolute Gasteiger partial charge is 0.250 e. The molecular weight excluding hydrogens is 190 g/mol. The van der Waals surface area contributed by atoms with Gasteiger partial charge in [0.1, 0.15) is 0 Å². The Morgan fingerprint density at radius 1 is 1.40 bits per heavy atom. The lowest BCUT2D eigenvalue weighted by atomic mass is 10.1. The third-order valence-corrected chi connectivity index (χ3v) is 1.96. The average Bonchev–Trinajstić information content (AvgIpc) is 2.71. The van der Waals surface area contributed by atoms with Crippen molar-refractivity contribution >= 4 is 0 Å². The highest BCUT2D eigenvalue weighted by atomic mass is 15.3. The maximum atomic E-state index is 5.68. The normalized spacial score (nSPS) is 12.7. The summed E-state index contributed by atoms with van der Waals surface area (Å²) in [5.41, 5.74) is 6.73. The summed E-state index contributed by atoms with van der Waals surface area (Å²) in [7, 11) is 0. The van der Waals surface area contributed by atoms with Crippen LogP contribution in [0.1, 0.15) is 12.5 Å². The second kappa shape index (κ2) is 4.18. The zero-order chi connectivity index (χ0) is 10.7. The minimum absolute atomic E-state index is 0.129. The van der Waals surface area contributed by atoms with E-state index in [1.807, 2.05) is 13.0 Å². The van der Waals surface area contributed by atoms with Crippen LogP contribution in [-0.4, -0.2) is 25.8 Å². The molecule has 2 N–H and O–H groups in total. The molecule has 0 aliphatic heterocycles. The molecule has 0 bridgehead atoms. The van der Waals surface area contributed by atoms with Crippen LogP contribution in [0.2, 0.25) is 0 Å². The topological polar surface area (TPSA) is 69.6 Å². The number of rotatable bonds is 3. The van der Waals surface area contributed by atoms with Gasteiger partial charge in [0.2, 0.25) is 5.95 Å². The minimum atomic E-state index is 0.129. The molecule has 0 aliphatic rings. The van der Waals surface area contributed by atoms with Crippen LogP contribution in [0.3, 0.4) is 0 Å². The van der Waals surface area contributed by atoms with E-state index in [2.05, 4.69) is 15.1 Å². The van der Waals surface area contributed by atoms with E-state index in [9.17, 15) is 0 Å². The molecule has 2 aromatic heterocycles. The molecule has 0 fully saturated rings. The van der Waals surface area contributed by atoms with E-state index in [0.29, 0.717) is 5.95 Å². The van der Waals surface area contributed by atoms with Gasteiger partial charge in [-0.1, -0.05) is 0 Å². The SMILES string of the molecule is CC(N)Cc1cnc(-n2cccn2)nc1. The van der Waals surface area contributed by atoms with Gasteiger partial charge < -0.3 is 5.73 Å². The first-order valence-corrected chi connectivity index (χ1v) is 4.82. The molecule has 0 aliphatic carbocycles. The Morgan fingerprint density at radius 3 is 2.67 bits per heavy atom. The highest BCUT2D eigenvalue weighted by molar-refractivity contribution is 5.14. The van der Waals surface area contributed by atoms with Crippen molar-refractivity contribution in [1.29, 1.82) is 0 Å². The molecular formula is C10H13N5. The second-order valence-electron chi connectivity index (χ2n) is 3.52. The lowest BCUT2D eigenvalue weighted by Gasteiger charge is -2.04. The molecule has 0 saturated carbocycles. The number of aromatic nitrogens is 4. The van der Waals surface area contributed by atoms with Gasteiger partial charge in [-0.3, -0.25) is 0 Å². The molecule has 78 valence electrons. The van der Waals surface area contributed by atoms with Crippen molar-refractivity contribution in [3.05, 3.63) is 36.4 Å². The van der Waals surface area contributed by atoms with E-state index in [1.54, 1.807) is 29.5 Å². The van der Waals surface area contributed by atoms with Gasteiger partial charge in [-0.2, -0.15) is 5.10 Å². The lowest BCUT2D eigenvalue weighted by molar-refractivity contribution is 0.725. The van der Waals surface area contributed by atoms with E-state index in [1.165, 1.54) is 0 Å². The van der Waals surface area contributed by atoms with E-state index in [-0.39, 0.29) is 6.04 Å². The van der Waals surface area contributed by atoms with Crippen molar-refractivity contribution in [2.24, 2.45) is 5.73 Å². The van der Waals surface area contributed by atoms with Crippen LogP contribution in [0.25, 0.3) is 5.95 Å². The Morgan fingerprint density at radius 2 is 2.13 bits per heavy atom. The van der Waals surface area contributed by atoms with E-state index < -0.39 is 0 Å².